The van der Waals surface area contributed by atoms with Gasteiger partial charge in [0.25, 0.3) is 0 Å². The molecule has 0 amide bonds. The third-order valence-corrected chi connectivity index (χ3v) is 2.84. The van der Waals surface area contributed by atoms with Crippen LogP contribution in [-0.4, -0.2) is 13.1 Å². The molecule has 0 saturated carbocycles. The molecule has 0 bridgehead atoms. The monoisotopic (exact) mass is 208 g/mol. The summed E-state index contributed by atoms with van der Waals surface area (Å²) in [4.78, 5) is 0. The molecule has 15 heavy (non-hydrogen) atoms. The maximum atomic E-state index is 13.0. The first-order valence-electron chi connectivity index (χ1n) is 5.57. The van der Waals surface area contributed by atoms with Crippen LogP contribution in [-0.2, 0) is 0 Å². The van der Waals surface area contributed by atoms with Crippen LogP contribution in [0.2, 0.25) is 0 Å². The van der Waals surface area contributed by atoms with Crippen molar-refractivity contribution in [2.75, 3.05) is 23.7 Å². The van der Waals surface area contributed by atoms with Gasteiger partial charge < -0.3 is 10.6 Å². The van der Waals surface area contributed by atoms with Crippen molar-refractivity contribution in [3.63, 3.8) is 0 Å². The topological polar surface area (TPSA) is 24.1 Å². The number of hydrogen-bond donors (Lipinski definition) is 2. The molecule has 1 aromatic carbocycles. The highest BCUT2D eigenvalue weighted by Crippen LogP contribution is 2.26. The molecule has 0 fully saturated rings. The van der Waals surface area contributed by atoms with E-state index in [1.54, 1.807) is 12.1 Å². The predicted molar refractivity (Wildman–Crippen MR) is 61.8 cm³/mol. The molecule has 1 heterocycles. The van der Waals surface area contributed by atoms with Gasteiger partial charge in [-0.15, -0.1) is 0 Å². The van der Waals surface area contributed by atoms with Gasteiger partial charge in [-0.3, -0.25) is 0 Å². The number of nitrogens with one attached hydrogen (secondary N) is 2. The molecular formula is C12H17FN2. The highest BCUT2D eigenvalue weighted by Gasteiger charge is 2.14. The molecule has 2 nitrogen and oxygen atoms in total. The Kier molecular flexibility index (Phi) is 3.09. The molecule has 0 aromatic heterocycles. The summed E-state index contributed by atoms with van der Waals surface area (Å²) in [6.45, 7) is 4.09. The summed E-state index contributed by atoms with van der Waals surface area (Å²) in [5.74, 6) is 0.447. The van der Waals surface area contributed by atoms with Crippen molar-refractivity contribution >= 4 is 11.4 Å². The van der Waals surface area contributed by atoms with Crippen LogP contribution in [0.25, 0.3) is 0 Å². The normalized spacial score (nSPS) is 19.7. The van der Waals surface area contributed by atoms with Gasteiger partial charge >= 0.3 is 0 Å². The maximum Gasteiger partial charge on any atom is 0.125 e. The van der Waals surface area contributed by atoms with Crippen molar-refractivity contribution in [1.29, 1.82) is 0 Å². The van der Waals surface area contributed by atoms with E-state index in [0.29, 0.717) is 5.92 Å². The third kappa shape index (κ3) is 2.41. The van der Waals surface area contributed by atoms with Crippen LogP contribution in [0, 0.1) is 11.7 Å². The Balaban J connectivity index is 2.11. The van der Waals surface area contributed by atoms with Gasteiger partial charge in [0.1, 0.15) is 5.82 Å². The average molecular weight is 208 g/mol. The summed E-state index contributed by atoms with van der Waals surface area (Å²) in [7, 11) is 0. The molecule has 1 unspecified atom stereocenters. The molecular weight excluding hydrogens is 191 g/mol. The first-order chi connectivity index (χ1) is 7.29. The molecule has 1 aliphatic heterocycles. The number of hydrogen-bond acceptors (Lipinski definition) is 2. The predicted octanol–water partition coefficient (Wildman–Crippen LogP) is 3.08. The smallest absolute Gasteiger partial charge is 0.125 e. The van der Waals surface area contributed by atoms with Crippen LogP contribution < -0.4 is 10.6 Å². The first kappa shape index (κ1) is 10.3. The lowest BCUT2D eigenvalue weighted by Crippen LogP contribution is -2.18. The lowest BCUT2D eigenvalue weighted by atomic mass is 10.0. The Morgan fingerprint density at radius 1 is 1.27 bits per heavy atom. The Hall–Kier alpha value is -1.25. The van der Waals surface area contributed by atoms with Crippen LogP contribution >= 0.6 is 0 Å². The van der Waals surface area contributed by atoms with Crippen LogP contribution in [0.5, 0.6) is 0 Å². The van der Waals surface area contributed by atoms with Crippen molar-refractivity contribution in [3.8, 4) is 0 Å². The minimum atomic E-state index is -0.183. The van der Waals surface area contributed by atoms with E-state index in [-0.39, 0.29) is 5.82 Å². The summed E-state index contributed by atoms with van der Waals surface area (Å²) in [6, 6.07) is 4.84. The second-order valence-electron chi connectivity index (χ2n) is 4.11. The van der Waals surface area contributed by atoms with Gasteiger partial charge in [-0.2, -0.15) is 0 Å². The largest absolute Gasteiger partial charge is 0.383 e. The SMILES string of the molecule is CCCC1CNc2ccc(F)cc2NC1. The minimum Gasteiger partial charge on any atom is -0.383 e. The fraction of sp³-hybridized carbons (Fsp3) is 0.500. The number of fused-ring (bicyclic) bond motifs is 1. The fourth-order valence-electron chi connectivity index (χ4n) is 2.01. The lowest BCUT2D eigenvalue weighted by Gasteiger charge is -2.12. The Bertz CT molecular complexity index is 338. The number of halogens is 1. The molecule has 1 atom stereocenters. The van der Waals surface area contributed by atoms with Crippen molar-refractivity contribution in [2.24, 2.45) is 5.92 Å². The molecule has 0 aliphatic carbocycles. The van der Waals surface area contributed by atoms with Gasteiger partial charge in [0.2, 0.25) is 0 Å². The van der Waals surface area contributed by atoms with Gasteiger partial charge in [0.15, 0.2) is 0 Å². The molecule has 82 valence electrons. The molecule has 1 aromatic rings. The van der Waals surface area contributed by atoms with E-state index in [4.69, 9.17) is 0 Å². The zero-order valence-electron chi connectivity index (χ0n) is 9.02. The van der Waals surface area contributed by atoms with Crippen LogP contribution in [0.4, 0.5) is 15.8 Å². The van der Waals surface area contributed by atoms with E-state index in [9.17, 15) is 4.39 Å². The first-order valence-corrected chi connectivity index (χ1v) is 5.57. The lowest BCUT2D eigenvalue weighted by molar-refractivity contribution is 0.531. The molecule has 2 N–H and O–H groups in total. The fourth-order valence-corrected chi connectivity index (χ4v) is 2.01. The van der Waals surface area contributed by atoms with Gasteiger partial charge in [-0.25, -0.2) is 4.39 Å². The quantitative estimate of drug-likeness (QED) is 0.780. The van der Waals surface area contributed by atoms with Crippen molar-refractivity contribution < 1.29 is 4.39 Å². The minimum absolute atomic E-state index is 0.183. The van der Waals surface area contributed by atoms with Gasteiger partial charge in [0, 0.05) is 13.1 Å². The zero-order chi connectivity index (χ0) is 10.7. The van der Waals surface area contributed by atoms with E-state index in [1.165, 1.54) is 18.9 Å². The Morgan fingerprint density at radius 3 is 2.73 bits per heavy atom. The molecule has 0 saturated heterocycles. The van der Waals surface area contributed by atoms with E-state index < -0.39 is 0 Å². The standard InChI is InChI=1S/C12H17FN2/c1-2-3-9-7-14-11-5-4-10(13)6-12(11)15-8-9/h4-6,9,14-15H,2-3,7-8H2,1H3. The summed E-state index contributed by atoms with van der Waals surface area (Å²) >= 11 is 0. The van der Waals surface area contributed by atoms with Gasteiger partial charge in [-0.05, 0) is 30.5 Å². The molecule has 2 rings (SSSR count). The Morgan fingerprint density at radius 2 is 2.00 bits per heavy atom. The summed E-state index contributed by atoms with van der Waals surface area (Å²) < 4.78 is 13.0. The summed E-state index contributed by atoms with van der Waals surface area (Å²) in [6.07, 6.45) is 2.40. The van der Waals surface area contributed by atoms with Crippen molar-refractivity contribution in [3.05, 3.63) is 24.0 Å². The third-order valence-electron chi connectivity index (χ3n) is 2.84. The van der Waals surface area contributed by atoms with Gasteiger partial charge in [0.05, 0.1) is 11.4 Å². The number of benzene rings is 1. The van der Waals surface area contributed by atoms with Crippen molar-refractivity contribution in [1.82, 2.24) is 0 Å². The summed E-state index contributed by atoms with van der Waals surface area (Å²) in [5.41, 5.74) is 1.89. The average Bonchev–Trinajstić information content (AvgIpc) is 2.42. The van der Waals surface area contributed by atoms with E-state index in [1.807, 2.05) is 0 Å². The molecule has 0 spiro atoms. The van der Waals surface area contributed by atoms with Crippen molar-refractivity contribution in [2.45, 2.75) is 19.8 Å². The van der Waals surface area contributed by atoms with E-state index >= 15 is 0 Å². The number of anilines is 2. The van der Waals surface area contributed by atoms with Gasteiger partial charge in [-0.1, -0.05) is 13.3 Å². The summed E-state index contributed by atoms with van der Waals surface area (Å²) in [5, 5.41) is 6.66. The molecule has 1 aliphatic rings. The molecule has 0 radical (unpaired) electrons. The van der Waals surface area contributed by atoms with E-state index in [2.05, 4.69) is 17.6 Å². The van der Waals surface area contributed by atoms with Crippen LogP contribution in [0.3, 0.4) is 0 Å². The van der Waals surface area contributed by atoms with Crippen LogP contribution in [0.1, 0.15) is 19.8 Å². The maximum absolute atomic E-state index is 13.0. The second-order valence-corrected chi connectivity index (χ2v) is 4.11. The number of rotatable bonds is 2. The second kappa shape index (κ2) is 4.51. The van der Waals surface area contributed by atoms with E-state index in [0.717, 1.165) is 24.5 Å². The zero-order valence-corrected chi connectivity index (χ0v) is 9.02. The Labute approximate surface area is 89.9 Å². The highest BCUT2D eigenvalue weighted by atomic mass is 19.1. The molecule has 3 heteroatoms. The highest BCUT2D eigenvalue weighted by molar-refractivity contribution is 5.69. The van der Waals surface area contributed by atoms with Crippen LogP contribution in [0.15, 0.2) is 18.2 Å².